The molecule has 9 nitrogen and oxygen atoms in total. The number of hydrogen-bond donors (Lipinski definition) is 0. The lowest BCUT2D eigenvalue weighted by Gasteiger charge is -2.41. The summed E-state index contributed by atoms with van der Waals surface area (Å²) in [5, 5.41) is 20.2. The molecule has 1 fully saturated rings. The number of hydrogen-bond acceptors (Lipinski definition) is 6. The first-order valence-electron chi connectivity index (χ1n) is 10.2. The zero-order chi connectivity index (χ0) is 24.5. The van der Waals surface area contributed by atoms with Crippen molar-refractivity contribution < 1.29 is 19.3 Å². The molecule has 2 aromatic rings. The number of nitriles is 1. The summed E-state index contributed by atoms with van der Waals surface area (Å²) in [7, 11) is 0. The molecule has 1 atom stereocenters. The van der Waals surface area contributed by atoms with Gasteiger partial charge >= 0.3 is 0 Å². The lowest BCUT2D eigenvalue weighted by atomic mass is 9.94. The minimum atomic E-state index is -1.09. The van der Waals surface area contributed by atoms with Gasteiger partial charge in [0.05, 0.1) is 28.7 Å². The van der Waals surface area contributed by atoms with Crippen molar-refractivity contribution in [2.75, 3.05) is 4.90 Å². The lowest BCUT2D eigenvalue weighted by Crippen LogP contribution is -2.55. The molecule has 0 bridgehead atoms. The molecule has 1 saturated heterocycles. The molecule has 170 valence electrons. The molecule has 0 saturated carbocycles. The van der Waals surface area contributed by atoms with Crippen molar-refractivity contribution in [3.8, 4) is 6.07 Å². The maximum Gasteiger partial charge on any atom is 0.288 e. The average Bonchev–Trinajstić information content (AvgIpc) is 3.07. The van der Waals surface area contributed by atoms with E-state index in [9.17, 15) is 24.5 Å². The van der Waals surface area contributed by atoms with Crippen LogP contribution < -0.4 is 4.90 Å². The molecule has 0 spiro atoms. The Hall–Kier alpha value is -3.77. The summed E-state index contributed by atoms with van der Waals surface area (Å²) in [4.78, 5) is 52.6. The Labute approximate surface area is 195 Å². The lowest BCUT2D eigenvalue weighted by molar-refractivity contribution is -0.384. The molecule has 1 heterocycles. The number of imide groups is 1. The number of carbonyl (C=O) groups excluding carboxylic acids is 3. The number of halogens is 1. The first-order valence-corrected chi connectivity index (χ1v) is 10.5. The summed E-state index contributed by atoms with van der Waals surface area (Å²) in [6, 6.07) is 10.6. The van der Waals surface area contributed by atoms with E-state index in [4.69, 9.17) is 16.9 Å². The third kappa shape index (κ3) is 4.43. The monoisotopic (exact) mass is 468 g/mol. The van der Waals surface area contributed by atoms with Gasteiger partial charge in [0.2, 0.25) is 5.91 Å². The minimum absolute atomic E-state index is 0.00954. The second-order valence-corrected chi connectivity index (χ2v) is 8.62. The van der Waals surface area contributed by atoms with E-state index in [0.717, 1.165) is 11.0 Å². The molecule has 0 radical (unpaired) electrons. The fourth-order valence-electron chi connectivity index (χ4n) is 3.71. The Morgan fingerprint density at radius 2 is 1.91 bits per heavy atom. The van der Waals surface area contributed by atoms with Gasteiger partial charge in [0.15, 0.2) is 0 Å². The fourth-order valence-corrected chi connectivity index (χ4v) is 3.89. The molecule has 1 unspecified atom stereocenters. The Kier molecular flexibility index (Phi) is 6.51. The van der Waals surface area contributed by atoms with Crippen LogP contribution in [0.25, 0.3) is 0 Å². The number of nitro benzene ring substituents is 1. The second kappa shape index (κ2) is 9.00. The number of benzene rings is 2. The summed E-state index contributed by atoms with van der Waals surface area (Å²) in [6.07, 6.45) is 0.229. The van der Waals surface area contributed by atoms with E-state index in [0.29, 0.717) is 17.7 Å². The highest BCUT2D eigenvalue weighted by Gasteiger charge is 2.48. The Bertz CT molecular complexity index is 1190. The SMILES string of the molecule is CCC(C)(C)N(C(=O)c1ccc(Cl)c([N+](=O)[O-])c1)C1CC(=O)N(c2ccc(C#N)cc2)C1=O. The van der Waals surface area contributed by atoms with Gasteiger partial charge in [-0.1, -0.05) is 18.5 Å². The average molecular weight is 469 g/mol. The second-order valence-electron chi connectivity index (χ2n) is 8.21. The van der Waals surface area contributed by atoms with Crippen molar-refractivity contribution >= 4 is 40.7 Å². The first-order chi connectivity index (χ1) is 15.5. The smallest absolute Gasteiger partial charge is 0.288 e. The normalized spacial score (nSPS) is 16.0. The van der Waals surface area contributed by atoms with Crippen LogP contribution in [-0.4, -0.2) is 39.1 Å². The fraction of sp³-hybridized carbons (Fsp3) is 0.304. The standard InChI is InChI=1S/C23H21ClN4O5/c1-4-23(2,3)27(21(30)15-7-10-17(24)18(11-15)28(32)33)19-12-20(29)26(22(19)31)16-8-5-14(13-25)6-9-16/h5-11,19H,4,12H2,1-3H3. The van der Waals surface area contributed by atoms with Crippen molar-refractivity contribution in [2.45, 2.75) is 45.2 Å². The molecular weight excluding hydrogens is 448 g/mol. The van der Waals surface area contributed by atoms with E-state index in [1.165, 1.54) is 41.3 Å². The van der Waals surface area contributed by atoms with E-state index in [1.54, 1.807) is 13.8 Å². The zero-order valence-electron chi connectivity index (χ0n) is 18.2. The molecule has 10 heteroatoms. The summed E-state index contributed by atoms with van der Waals surface area (Å²) in [5.41, 5.74) is -0.597. The van der Waals surface area contributed by atoms with Gasteiger partial charge in [-0.2, -0.15) is 5.26 Å². The number of amides is 3. The predicted octanol–water partition coefficient (Wildman–Crippen LogP) is 4.08. The van der Waals surface area contributed by atoms with Gasteiger partial charge in [0.25, 0.3) is 17.5 Å². The van der Waals surface area contributed by atoms with E-state index in [2.05, 4.69) is 0 Å². The Morgan fingerprint density at radius 3 is 2.45 bits per heavy atom. The van der Waals surface area contributed by atoms with Crippen LogP contribution in [0.1, 0.15) is 49.5 Å². The Morgan fingerprint density at radius 1 is 1.27 bits per heavy atom. The number of nitrogens with zero attached hydrogens (tertiary/aromatic N) is 4. The summed E-state index contributed by atoms with van der Waals surface area (Å²) in [6.45, 7) is 5.36. The van der Waals surface area contributed by atoms with Crippen LogP contribution in [0.2, 0.25) is 5.02 Å². The number of rotatable bonds is 6. The molecule has 0 aliphatic carbocycles. The van der Waals surface area contributed by atoms with Crippen LogP contribution in [-0.2, 0) is 9.59 Å². The summed E-state index contributed by atoms with van der Waals surface area (Å²) >= 11 is 5.88. The van der Waals surface area contributed by atoms with Crippen LogP contribution in [0.5, 0.6) is 0 Å². The van der Waals surface area contributed by atoms with Gasteiger partial charge in [-0.25, -0.2) is 4.90 Å². The largest absolute Gasteiger partial charge is 0.321 e. The number of anilines is 1. The van der Waals surface area contributed by atoms with Crippen molar-refractivity contribution in [3.63, 3.8) is 0 Å². The maximum absolute atomic E-state index is 13.5. The highest BCUT2D eigenvalue weighted by molar-refractivity contribution is 6.32. The molecule has 0 N–H and O–H groups in total. The van der Waals surface area contributed by atoms with E-state index in [-0.39, 0.29) is 17.0 Å². The molecule has 3 amide bonds. The van der Waals surface area contributed by atoms with Gasteiger partial charge in [-0.15, -0.1) is 0 Å². The van der Waals surface area contributed by atoms with Gasteiger partial charge in [0, 0.05) is 17.2 Å². The highest BCUT2D eigenvalue weighted by Crippen LogP contribution is 2.34. The summed E-state index contributed by atoms with van der Waals surface area (Å²) in [5.74, 6) is -1.68. The quantitative estimate of drug-likeness (QED) is 0.357. The number of nitro groups is 1. The van der Waals surface area contributed by atoms with Crippen molar-refractivity contribution in [1.82, 2.24) is 4.90 Å². The van der Waals surface area contributed by atoms with E-state index in [1.807, 2.05) is 13.0 Å². The third-order valence-corrected chi connectivity index (χ3v) is 6.13. The number of carbonyl (C=O) groups is 3. The van der Waals surface area contributed by atoms with Crippen LogP contribution in [0, 0.1) is 21.4 Å². The van der Waals surface area contributed by atoms with Crippen molar-refractivity contribution in [2.24, 2.45) is 0 Å². The molecule has 33 heavy (non-hydrogen) atoms. The summed E-state index contributed by atoms with van der Waals surface area (Å²) < 4.78 is 0. The first kappa shape index (κ1) is 23.9. The predicted molar refractivity (Wildman–Crippen MR) is 121 cm³/mol. The van der Waals surface area contributed by atoms with Crippen molar-refractivity contribution in [1.29, 1.82) is 5.26 Å². The van der Waals surface area contributed by atoms with Crippen LogP contribution in [0.3, 0.4) is 0 Å². The van der Waals surface area contributed by atoms with Gasteiger partial charge < -0.3 is 4.90 Å². The maximum atomic E-state index is 13.5. The van der Waals surface area contributed by atoms with Crippen LogP contribution in [0.4, 0.5) is 11.4 Å². The molecule has 1 aliphatic heterocycles. The van der Waals surface area contributed by atoms with Gasteiger partial charge in [0.1, 0.15) is 11.1 Å². The third-order valence-electron chi connectivity index (χ3n) is 5.82. The minimum Gasteiger partial charge on any atom is -0.321 e. The zero-order valence-corrected chi connectivity index (χ0v) is 19.0. The molecule has 1 aliphatic rings. The van der Waals surface area contributed by atoms with Crippen molar-refractivity contribution in [3.05, 3.63) is 68.7 Å². The van der Waals surface area contributed by atoms with Gasteiger partial charge in [-0.05, 0) is 56.7 Å². The van der Waals surface area contributed by atoms with Gasteiger partial charge in [-0.3, -0.25) is 24.5 Å². The van der Waals surface area contributed by atoms with E-state index >= 15 is 0 Å². The molecule has 0 aromatic heterocycles. The van der Waals surface area contributed by atoms with E-state index < -0.39 is 39.9 Å². The molecule has 2 aromatic carbocycles. The Balaban J connectivity index is 2.03. The highest BCUT2D eigenvalue weighted by atomic mass is 35.5. The van der Waals surface area contributed by atoms with Crippen LogP contribution >= 0.6 is 11.6 Å². The van der Waals surface area contributed by atoms with Crippen LogP contribution in [0.15, 0.2) is 42.5 Å². The molecule has 3 rings (SSSR count). The topological polar surface area (TPSA) is 125 Å². The molecular formula is C23H21ClN4O5.